The molecule has 0 fully saturated rings. The Balaban J connectivity index is 1.96. The first-order valence-electron chi connectivity index (χ1n) is 5.61. The van der Waals surface area contributed by atoms with Crippen LogP contribution in [0, 0.1) is 0 Å². The first-order valence-corrected chi connectivity index (χ1v) is 7.44. The fraction of sp³-hybridized carbons (Fsp3) is 0.0714. The van der Waals surface area contributed by atoms with Crippen LogP contribution in [-0.2, 0) is 0 Å². The largest absolute Gasteiger partial charge is 0.326 e. The second-order valence-corrected chi connectivity index (χ2v) is 5.45. The van der Waals surface area contributed by atoms with E-state index in [9.17, 15) is 4.79 Å². The minimum atomic E-state index is 0.0280. The van der Waals surface area contributed by atoms with Crippen LogP contribution in [-0.4, -0.2) is 11.5 Å². The van der Waals surface area contributed by atoms with Crippen LogP contribution in [0.4, 0.5) is 5.69 Å². The van der Waals surface area contributed by atoms with E-state index in [1.165, 1.54) is 11.9 Å². The van der Waals surface area contributed by atoms with E-state index in [0.717, 1.165) is 15.6 Å². The lowest BCUT2D eigenvalue weighted by Gasteiger charge is -2.06. The number of hydrogen-bond donors (Lipinski definition) is 2. The zero-order valence-electron chi connectivity index (χ0n) is 9.97. The van der Waals surface area contributed by atoms with Crippen molar-refractivity contribution in [2.45, 2.75) is 4.90 Å². The second kappa shape index (κ2) is 6.89. The number of thiol groups is 1. The maximum Gasteiger partial charge on any atom is 0.172 e. The van der Waals surface area contributed by atoms with Gasteiger partial charge in [-0.3, -0.25) is 4.79 Å². The summed E-state index contributed by atoms with van der Waals surface area (Å²) in [6, 6.07) is 14.9. The summed E-state index contributed by atoms with van der Waals surface area (Å²) in [5.74, 6) is 0.256. The number of Topliss-reactive ketones (excluding diaryl/α,β-unsaturated/α-hetero) is 1. The predicted molar refractivity (Wildman–Crippen MR) is 85.6 cm³/mol. The lowest BCUT2D eigenvalue weighted by Crippen LogP contribution is -1.99. The zero-order chi connectivity index (χ0) is 13.7. The second-order valence-electron chi connectivity index (χ2n) is 3.82. The van der Waals surface area contributed by atoms with Crippen molar-refractivity contribution >= 4 is 47.6 Å². The van der Waals surface area contributed by atoms with Gasteiger partial charge in [-0.25, -0.2) is 0 Å². The van der Waals surface area contributed by atoms with Crippen molar-refractivity contribution in [3.8, 4) is 0 Å². The fourth-order valence-electron chi connectivity index (χ4n) is 1.44. The van der Waals surface area contributed by atoms with E-state index < -0.39 is 0 Å². The van der Waals surface area contributed by atoms with E-state index in [1.807, 2.05) is 36.4 Å². The van der Waals surface area contributed by atoms with Crippen molar-refractivity contribution in [2.75, 3.05) is 10.5 Å². The highest BCUT2D eigenvalue weighted by molar-refractivity contribution is 8.00. The van der Waals surface area contributed by atoms with Crippen LogP contribution < -0.4 is 4.72 Å². The minimum absolute atomic E-state index is 0.0280. The molecule has 1 N–H and O–H groups in total. The molecule has 2 aromatic carbocycles. The van der Waals surface area contributed by atoms with E-state index in [-0.39, 0.29) is 11.5 Å². The van der Waals surface area contributed by atoms with Crippen LogP contribution in [0.2, 0.25) is 5.02 Å². The Morgan fingerprint density at radius 2 is 1.74 bits per heavy atom. The van der Waals surface area contributed by atoms with E-state index >= 15 is 0 Å². The predicted octanol–water partition coefficient (Wildman–Crippen LogP) is 4.57. The van der Waals surface area contributed by atoms with Gasteiger partial charge in [0.1, 0.15) is 0 Å². The quantitative estimate of drug-likeness (QED) is 0.481. The molecule has 5 heteroatoms. The molecule has 0 aliphatic rings. The molecule has 0 amide bonds. The van der Waals surface area contributed by atoms with E-state index in [2.05, 4.69) is 17.4 Å². The maximum atomic E-state index is 11.4. The average Bonchev–Trinajstić information content (AvgIpc) is 2.46. The van der Waals surface area contributed by atoms with Gasteiger partial charge >= 0.3 is 0 Å². The molecule has 0 saturated heterocycles. The van der Waals surface area contributed by atoms with Gasteiger partial charge in [0.25, 0.3) is 0 Å². The van der Waals surface area contributed by atoms with Gasteiger partial charge in [0, 0.05) is 21.2 Å². The molecule has 0 radical (unpaired) electrons. The van der Waals surface area contributed by atoms with Crippen molar-refractivity contribution in [3.05, 3.63) is 59.1 Å². The highest BCUT2D eigenvalue weighted by atomic mass is 35.5. The molecule has 0 unspecified atom stereocenters. The number of rotatable bonds is 5. The normalized spacial score (nSPS) is 10.2. The number of carbonyl (C=O) groups excluding carboxylic acids is 1. The molecule has 19 heavy (non-hydrogen) atoms. The van der Waals surface area contributed by atoms with Crippen LogP contribution in [0.3, 0.4) is 0 Å². The molecule has 98 valence electrons. The van der Waals surface area contributed by atoms with Gasteiger partial charge in [-0.05, 0) is 60.5 Å². The molecular weight excluding hydrogens is 298 g/mol. The Labute approximate surface area is 127 Å². The maximum absolute atomic E-state index is 11.4. The zero-order valence-corrected chi connectivity index (χ0v) is 12.4. The van der Waals surface area contributed by atoms with Crippen LogP contribution in [0.1, 0.15) is 10.4 Å². The molecule has 0 bridgehead atoms. The Hall–Kier alpha value is -1.10. The van der Waals surface area contributed by atoms with Crippen molar-refractivity contribution in [1.29, 1.82) is 0 Å². The van der Waals surface area contributed by atoms with Gasteiger partial charge in [0.15, 0.2) is 5.78 Å². The Morgan fingerprint density at radius 3 is 2.32 bits per heavy atom. The number of anilines is 1. The smallest absolute Gasteiger partial charge is 0.172 e. The van der Waals surface area contributed by atoms with Crippen LogP contribution in [0.15, 0.2) is 53.4 Å². The first kappa shape index (κ1) is 14.3. The SMILES string of the molecule is O=C(CS)c1ccc(NSc2ccc(Cl)cc2)cc1. The number of hydrogen-bond acceptors (Lipinski definition) is 4. The third-order valence-electron chi connectivity index (χ3n) is 2.45. The molecule has 2 nitrogen and oxygen atoms in total. The highest BCUT2D eigenvalue weighted by Crippen LogP contribution is 2.23. The number of ketones is 1. The average molecular weight is 310 g/mol. The Morgan fingerprint density at radius 1 is 1.11 bits per heavy atom. The highest BCUT2D eigenvalue weighted by Gasteiger charge is 2.02. The number of carbonyl (C=O) groups is 1. The molecule has 0 atom stereocenters. The van der Waals surface area contributed by atoms with Crippen LogP contribution >= 0.6 is 36.2 Å². The van der Waals surface area contributed by atoms with Gasteiger partial charge in [-0.15, -0.1) is 0 Å². The Kier molecular flexibility index (Phi) is 5.19. The number of nitrogens with one attached hydrogen (secondary N) is 1. The molecule has 0 aliphatic carbocycles. The third-order valence-corrected chi connectivity index (χ3v) is 3.84. The van der Waals surface area contributed by atoms with Crippen molar-refractivity contribution in [2.24, 2.45) is 0 Å². The van der Waals surface area contributed by atoms with E-state index in [4.69, 9.17) is 11.6 Å². The summed E-state index contributed by atoms with van der Waals surface area (Å²) in [5.41, 5.74) is 1.62. The van der Waals surface area contributed by atoms with Crippen molar-refractivity contribution < 1.29 is 4.79 Å². The summed E-state index contributed by atoms with van der Waals surface area (Å²) in [4.78, 5) is 12.5. The van der Waals surface area contributed by atoms with Gasteiger partial charge < -0.3 is 4.72 Å². The van der Waals surface area contributed by atoms with Gasteiger partial charge in [-0.1, -0.05) is 11.6 Å². The lowest BCUT2D eigenvalue weighted by atomic mass is 10.1. The fourth-order valence-corrected chi connectivity index (χ4v) is 2.39. The molecule has 0 spiro atoms. The minimum Gasteiger partial charge on any atom is -0.326 e. The summed E-state index contributed by atoms with van der Waals surface area (Å²) in [6.07, 6.45) is 0. The van der Waals surface area contributed by atoms with Crippen LogP contribution in [0.5, 0.6) is 0 Å². The Bertz CT molecular complexity index is 555. The topological polar surface area (TPSA) is 29.1 Å². The van der Waals surface area contributed by atoms with Crippen LogP contribution in [0.25, 0.3) is 0 Å². The summed E-state index contributed by atoms with van der Waals surface area (Å²) in [7, 11) is 0. The monoisotopic (exact) mass is 309 g/mol. The summed E-state index contributed by atoms with van der Waals surface area (Å²) < 4.78 is 3.21. The molecule has 0 saturated carbocycles. The molecule has 0 aromatic heterocycles. The van der Waals surface area contributed by atoms with Gasteiger partial charge in [0.2, 0.25) is 0 Å². The first-order chi connectivity index (χ1) is 9.19. The van der Waals surface area contributed by atoms with Crippen molar-refractivity contribution in [1.82, 2.24) is 0 Å². The number of benzene rings is 2. The summed E-state index contributed by atoms with van der Waals surface area (Å²) in [6.45, 7) is 0. The molecule has 0 heterocycles. The summed E-state index contributed by atoms with van der Waals surface area (Å²) in [5, 5.41) is 0.721. The van der Waals surface area contributed by atoms with Gasteiger partial charge in [-0.2, -0.15) is 12.6 Å². The third kappa shape index (κ3) is 4.20. The van der Waals surface area contributed by atoms with Crippen molar-refractivity contribution in [3.63, 3.8) is 0 Å². The van der Waals surface area contributed by atoms with E-state index in [0.29, 0.717) is 5.56 Å². The standard InChI is InChI=1S/C14H12ClNOS2/c15-11-3-7-13(8-4-11)19-16-12-5-1-10(2-6-12)14(17)9-18/h1-8,16,18H,9H2. The molecule has 0 aliphatic heterocycles. The molecule has 2 rings (SSSR count). The molecule has 2 aromatic rings. The van der Waals surface area contributed by atoms with Gasteiger partial charge in [0.05, 0.1) is 5.75 Å². The molecular formula is C14H12ClNOS2. The summed E-state index contributed by atoms with van der Waals surface area (Å²) >= 11 is 11.3. The number of halogens is 1. The van der Waals surface area contributed by atoms with E-state index in [1.54, 1.807) is 12.1 Å². The lowest BCUT2D eigenvalue weighted by molar-refractivity contribution is 0.102.